The fraction of sp³-hybridized carbons (Fsp3) is 0. The number of pyridine rings is 1. The fourth-order valence-electron chi connectivity index (χ4n) is 1.54. The molecule has 0 aliphatic carbocycles. The monoisotopic (exact) mass is 278 g/mol. The minimum absolute atomic E-state index is 1.20. The third-order valence-corrected chi connectivity index (χ3v) is 2.36. The number of fused-ring (bicyclic) bond motifs is 1. The number of aromatic nitrogens is 1. The second-order valence-electron chi connectivity index (χ2n) is 3.41. The molecule has 0 bridgehead atoms. The van der Waals surface area contributed by atoms with E-state index in [0.29, 0.717) is 0 Å². The molecule has 1 heterocycles. The van der Waals surface area contributed by atoms with E-state index in [1.165, 1.54) is 4.98 Å². The quantitative estimate of drug-likeness (QED) is 0.273. The van der Waals surface area contributed by atoms with E-state index in [1.807, 2.05) is 0 Å². The second-order valence-corrected chi connectivity index (χ2v) is 3.41. The Labute approximate surface area is 99.6 Å². The van der Waals surface area contributed by atoms with Gasteiger partial charge in [-0.1, -0.05) is 0 Å². The molecular formula is C9H2F4N2O4. The van der Waals surface area contributed by atoms with Crippen molar-refractivity contribution in [2.24, 2.45) is 0 Å². The minimum Gasteiger partial charge on any atom is -0.501 e. The number of nitrogens with one attached hydrogen (secondary N) is 1. The molecule has 10 heteroatoms. The lowest BCUT2D eigenvalue weighted by Crippen LogP contribution is -2.14. The van der Waals surface area contributed by atoms with Gasteiger partial charge in [0.25, 0.3) is 0 Å². The van der Waals surface area contributed by atoms with Crippen LogP contribution in [0.25, 0.3) is 10.9 Å². The topological polar surface area (TPSA) is 96.2 Å². The molecule has 0 amide bonds. The molecule has 0 saturated heterocycles. The molecule has 2 rings (SSSR count). The Morgan fingerprint density at radius 3 is 2.11 bits per heavy atom. The van der Waals surface area contributed by atoms with Crippen molar-refractivity contribution in [1.82, 2.24) is 4.98 Å². The van der Waals surface area contributed by atoms with Crippen molar-refractivity contribution in [2.75, 3.05) is 0 Å². The molecule has 0 atom stereocenters. The molecule has 0 fully saturated rings. The minimum atomic E-state index is -2.26. The first-order valence-electron chi connectivity index (χ1n) is 4.52. The van der Waals surface area contributed by atoms with Gasteiger partial charge >= 0.3 is 11.2 Å². The van der Waals surface area contributed by atoms with Crippen LogP contribution in [0.1, 0.15) is 0 Å². The van der Waals surface area contributed by atoms with Crippen LogP contribution < -0.4 is 5.56 Å². The standard InChI is InChI=1S/C9H2F4N2O4/c10-2-1-6(5(13)4(12)3(2)11)14-9(17)7(8(1)16)15(18)19/h(H2,14,16,17). The van der Waals surface area contributed by atoms with Gasteiger partial charge in [0.1, 0.15) is 0 Å². The van der Waals surface area contributed by atoms with Gasteiger partial charge in [-0.3, -0.25) is 14.9 Å². The Hall–Kier alpha value is -2.65. The Kier molecular flexibility index (Phi) is 2.65. The van der Waals surface area contributed by atoms with Crippen molar-refractivity contribution in [2.45, 2.75) is 0 Å². The number of nitrogens with zero attached hydrogens (tertiary/aromatic N) is 1. The number of H-pyrrole nitrogens is 1. The number of rotatable bonds is 1. The smallest absolute Gasteiger partial charge is 0.375 e. The zero-order valence-electron chi connectivity index (χ0n) is 8.63. The van der Waals surface area contributed by atoms with E-state index in [4.69, 9.17) is 0 Å². The normalized spacial score (nSPS) is 10.9. The average molecular weight is 278 g/mol. The lowest BCUT2D eigenvalue weighted by Gasteiger charge is -2.06. The van der Waals surface area contributed by atoms with Crippen LogP contribution >= 0.6 is 0 Å². The van der Waals surface area contributed by atoms with E-state index in [1.54, 1.807) is 0 Å². The van der Waals surface area contributed by atoms with Crippen molar-refractivity contribution >= 4 is 16.6 Å². The molecule has 1 aromatic carbocycles. The van der Waals surface area contributed by atoms with Crippen LogP contribution in [-0.4, -0.2) is 15.0 Å². The maximum absolute atomic E-state index is 13.4. The largest absolute Gasteiger partial charge is 0.501 e. The summed E-state index contributed by atoms with van der Waals surface area (Å²) in [4.78, 5) is 21.8. The molecular weight excluding hydrogens is 276 g/mol. The lowest BCUT2D eigenvalue weighted by molar-refractivity contribution is -0.387. The van der Waals surface area contributed by atoms with Gasteiger partial charge in [-0.2, -0.15) is 0 Å². The molecule has 1 aromatic heterocycles. The number of hydrogen-bond donors (Lipinski definition) is 2. The van der Waals surface area contributed by atoms with E-state index in [0.717, 1.165) is 0 Å². The maximum atomic E-state index is 13.4. The van der Waals surface area contributed by atoms with Gasteiger partial charge in [0.2, 0.25) is 5.75 Å². The number of aromatic hydroxyl groups is 1. The van der Waals surface area contributed by atoms with Gasteiger partial charge in [-0.05, 0) is 0 Å². The molecule has 0 aliphatic heterocycles. The van der Waals surface area contributed by atoms with Crippen LogP contribution in [0.15, 0.2) is 4.79 Å². The molecule has 19 heavy (non-hydrogen) atoms. The van der Waals surface area contributed by atoms with Gasteiger partial charge in [0, 0.05) is 0 Å². The first kappa shape index (κ1) is 12.8. The van der Waals surface area contributed by atoms with Gasteiger partial charge in [0.05, 0.1) is 15.8 Å². The van der Waals surface area contributed by atoms with E-state index in [2.05, 4.69) is 0 Å². The number of aromatic amines is 1. The molecule has 0 unspecified atom stereocenters. The van der Waals surface area contributed by atoms with Crippen LogP contribution in [0.2, 0.25) is 0 Å². The first-order valence-corrected chi connectivity index (χ1v) is 4.52. The second kappa shape index (κ2) is 3.93. The fourth-order valence-corrected chi connectivity index (χ4v) is 1.54. The number of benzene rings is 1. The van der Waals surface area contributed by atoms with Crippen molar-refractivity contribution in [3.05, 3.63) is 43.7 Å². The van der Waals surface area contributed by atoms with Crippen molar-refractivity contribution in [3.63, 3.8) is 0 Å². The predicted octanol–water partition coefficient (Wildman–Crippen LogP) is 1.70. The number of hydrogen-bond acceptors (Lipinski definition) is 4. The predicted molar refractivity (Wildman–Crippen MR) is 52.7 cm³/mol. The highest BCUT2D eigenvalue weighted by atomic mass is 19.2. The summed E-state index contributed by atoms with van der Waals surface area (Å²) in [6, 6.07) is 0. The van der Waals surface area contributed by atoms with E-state index in [9.17, 15) is 37.6 Å². The highest BCUT2D eigenvalue weighted by Crippen LogP contribution is 2.35. The summed E-state index contributed by atoms with van der Waals surface area (Å²) >= 11 is 0. The summed E-state index contributed by atoms with van der Waals surface area (Å²) < 4.78 is 52.6. The summed E-state index contributed by atoms with van der Waals surface area (Å²) in [5, 5.41) is 18.5. The lowest BCUT2D eigenvalue weighted by atomic mass is 10.1. The SMILES string of the molecule is O=c1[nH]c2c(F)c(F)c(F)c(F)c2c(O)c1[N+](=O)[O-]. The van der Waals surface area contributed by atoms with Gasteiger partial charge < -0.3 is 10.1 Å². The third-order valence-electron chi connectivity index (χ3n) is 2.36. The van der Waals surface area contributed by atoms with E-state index in [-0.39, 0.29) is 0 Å². The van der Waals surface area contributed by atoms with Crippen molar-refractivity contribution in [3.8, 4) is 5.75 Å². The van der Waals surface area contributed by atoms with E-state index < -0.39 is 56.1 Å². The molecule has 0 radical (unpaired) electrons. The van der Waals surface area contributed by atoms with Crippen LogP contribution in [0.3, 0.4) is 0 Å². The van der Waals surface area contributed by atoms with Gasteiger partial charge in [-0.25, -0.2) is 17.6 Å². The zero-order chi connectivity index (χ0) is 14.5. The van der Waals surface area contributed by atoms with Gasteiger partial charge in [-0.15, -0.1) is 0 Å². The van der Waals surface area contributed by atoms with Crippen LogP contribution in [0.5, 0.6) is 5.75 Å². The Bertz CT molecular complexity index is 786. The van der Waals surface area contributed by atoms with Crippen molar-refractivity contribution < 1.29 is 27.6 Å². The Morgan fingerprint density at radius 1 is 1.05 bits per heavy atom. The molecule has 2 aromatic rings. The molecule has 6 nitrogen and oxygen atoms in total. The van der Waals surface area contributed by atoms with Crippen LogP contribution in [0.4, 0.5) is 23.2 Å². The van der Waals surface area contributed by atoms with E-state index >= 15 is 0 Å². The van der Waals surface area contributed by atoms with Crippen LogP contribution in [-0.2, 0) is 0 Å². The molecule has 0 aliphatic rings. The molecule has 0 spiro atoms. The summed E-state index contributed by atoms with van der Waals surface area (Å²) in [5.74, 6) is -10.1. The molecule has 2 N–H and O–H groups in total. The van der Waals surface area contributed by atoms with Crippen LogP contribution in [0, 0.1) is 33.4 Å². The third kappa shape index (κ3) is 1.60. The number of nitro groups is 1. The molecule has 100 valence electrons. The summed E-state index contributed by atoms with van der Waals surface area (Å²) in [5.41, 5.74) is -4.29. The van der Waals surface area contributed by atoms with Gasteiger partial charge in [0.15, 0.2) is 23.3 Å². The number of halogens is 4. The van der Waals surface area contributed by atoms with Crippen molar-refractivity contribution in [1.29, 1.82) is 0 Å². The maximum Gasteiger partial charge on any atom is 0.375 e. The average Bonchev–Trinajstić information content (AvgIpc) is 2.32. The highest BCUT2D eigenvalue weighted by Gasteiger charge is 2.30. The Balaban J connectivity index is 3.16. The molecule has 0 saturated carbocycles. The summed E-state index contributed by atoms with van der Waals surface area (Å²) in [6.45, 7) is 0. The highest BCUT2D eigenvalue weighted by molar-refractivity contribution is 5.89. The Morgan fingerprint density at radius 2 is 1.58 bits per heavy atom. The summed E-state index contributed by atoms with van der Waals surface area (Å²) in [7, 11) is 0. The zero-order valence-corrected chi connectivity index (χ0v) is 8.63. The summed E-state index contributed by atoms with van der Waals surface area (Å²) in [6.07, 6.45) is 0. The first-order chi connectivity index (χ1) is 8.77.